The lowest BCUT2D eigenvalue weighted by Gasteiger charge is -2.23. The highest BCUT2D eigenvalue weighted by atomic mass is 16.5. The number of amides is 1. The highest BCUT2D eigenvalue weighted by Gasteiger charge is 2.18. The van der Waals surface area contributed by atoms with Crippen LogP contribution in [0.2, 0.25) is 0 Å². The molecule has 1 unspecified atom stereocenters. The number of furan rings is 1. The van der Waals surface area contributed by atoms with E-state index in [4.69, 9.17) is 8.94 Å². The van der Waals surface area contributed by atoms with Gasteiger partial charge in [-0.15, -0.1) is 0 Å². The molecule has 1 saturated heterocycles. The van der Waals surface area contributed by atoms with Crippen LogP contribution in [0.3, 0.4) is 0 Å². The molecule has 2 aromatic carbocycles. The summed E-state index contributed by atoms with van der Waals surface area (Å²) in [4.78, 5) is 24.8. The molecule has 1 aliphatic heterocycles. The molecule has 1 fully saturated rings. The Balaban J connectivity index is 1.23. The smallest absolute Gasteiger partial charge is 0.225 e. The van der Waals surface area contributed by atoms with Crippen LogP contribution in [0.5, 0.6) is 0 Å². The predicted molar refractivity (Wildman–Crippen MR) is 147 cm³/mol. The molecule has 39 heavy (non-hydrogen) atoms. The molecule has 2 N–H and O–H groups in total. The second kappa shape index (κ2) is 10.6. The lowest BCUT2D eigenvalue weighted by molar-refractivity contribution is -0.128. The average Bonchev–Trinajstić information content (AvgIpc) is 3.58. The van der Waals surface area contributed by atoms with Gasteiger partial charge in [-0.25, -0.2) is 9.97 Å². The normalized spacial score (nSPS) is 14.8. The summed E-state index contributed by atoms with van der Waals surface area (Å²) in [7, 11) is 0. The largest absolute Gasteiger partial charge is 0.465 e. The summed E-state index contributed by atoms with van der Waals surface area (Å²) in [5.74, 6) is 1.46. The van der Waals surface area contributed by atoms with E-state index in [1.54, 1.807) is 25.3 Å². The Morgan fingerprint density at radius 3 is 2.67 bits per heavy atom. The number of nitrogens with zero attached hydrogens (tertiary/aromatic N) is 5. The van der Waals surface area contributed by atoms with Gasteiger partial charge in [-0.05, 0) is 61.0 Å². The topological polar surface area (TPSA) is 121 Å². The molecule has 10 heteroatoms. The quantitative estimate of drug-likeness (QED) is 0.304. The zero-order valence-electron chi connectivity index (χ0n) is 21.4. The molecule has 0 radical (unpaired) electrons. The van der Waals surface area contributed by atoms with Crippen LogP contribution < -0.4 is 10.2 Å². The van der Waals surface area contributed by atoms with Crippen molar-refractivity contribution in [3.05, 3.63) is 78.9 Å². The van der Waals surface area contributed by atoms with Gasteiger partial charge in [-0.1, -0.05) is 11.2 Å². The number of anilines is 2. The van der Waals surface area contributed by atoms with Crippen molar-refractivity contribution in [2.24, 2.45) is 0 Å². The fourth-order valence-electron chi connectivity index (χ4n) is 4.85. The van der Waals surface area contributed by atoms with Crippen LogP contribution in [-0.4, -0.2) is 57.2 Å². The number of benzene rings is 2. The molecule has 1 amide bonds. The average molecular weight is 525 g/mol. The third kappa shape index (κ3) is 5.19. The van der Waals surface area contributed by atoms with Gasteiger partial charge in [0.05, 0.1) is 17.3 Å². The minimum atomic E-state index is -1.06. The van der Waals surface area contributed by atoms with Crippen LogP contribution in [0.15, 0.2) is 82.1 Å². The summed E-state index contributed by atoms with van der Waals surface area (Å²) < 4.78 is 11.0. The molecule has 5 aromatic rings. The number of carbonyl (C=O) groups is 1. The standard InChI is InChI=1S/C29H28N6O4/c1-19(36)34-13-3-14-35(16-15-34)22-8-5-20(6-9-22)27-23-18-21(7-10-25(23)33-39-27)24-11-12-30-29(31-24)32-28(37)26-4-2-17-38-26/h2,4-12,17-18,28,37H,3,13-16H2,1H3,(H,30,31,32). The molecule has 6 rings (SSSR count). The first-order chi connectivity index (χ1) is 19.0. The molecule has 0 saturated carbocycles. The van der Waals surface area contributed by atoms with Gasteiger partial charge in [0.1, 0.15) is 5.52 Å². The van der Waals surface area contributed by atoms with Crippen molar-refractivity contribution in [3.63, 3.8) is 0 Å². The SMILES string of the molecule is CC(=O)N1CCCN(c2ccc(-c3onc4ccc(-c5ccnc(NC(O)c6ccco6)n5)cc34)cc2)CC1. The molecule has 1 atom stereocenters. The van der Waals surface area contributed by atoms with Crippen LogP contribution in [0.4, 0.5) is 11.6 Å². The second-order valence-corrected chi connectivity index (χ2v) is 9.46. The van der Waals surface area contributed by atoms with Crippen molar-refractivity contribution in [2.45, 2.75) is 19.6 Å². The predicted octanol–water partition coefficient (Wildman–Crippen LogP) is 4.71. The molecule has 0 bridgehead atoms. The maximum absolute atomic E-state index is 11.8. The van der Waals surface area contributed by atoms with Crippen LogP contribution >= 0.6 is 0 Å². The molecule has 0 spiro atoms. The molecule has 0 aliphatic carbocycles. The van der Waals surface area contributed by atoms with E-state index >= 15 is 0 Å². The van der Waals surface area contributed by atoms with Crippen molar-refractivity contribution in [2.75, 3.05) is 36.4 Å². The summed E-state index contributed by atoms with van der Waals surface area (Å²) >= 11 is 0. The maximum Gasteiger partial charge on any atom is 0.225 e. The van der Waals surface area contributed by atoms with Crippen LogP contribution in [0.1, 0.15) is 25.3 Å². The minimum Gasteiger partial charge on any atom is -0.465 e. The van der Waals surface area contributed by atoms with Crippen molar-refractivity contribution >= 4 is 28.4 Å². The lowest BCUT2D eigenvalue weighted by Crippen LogP contribution is -2.33. The maximum atomic E-state index is 11.8. The monoisotopic (exact) mass is 524 g/mol. The van der Waals surface area contributed by atoms with Crippen molar-refractivity contribution in [1.82, 2.24) is 20.0 Å². The summed E-state index contributed by atoms with van der Waals surface area (Å²) in [6.07, 6.45) is 3.01. The van der Waals surface area contributed by atoms with Gasteiger partial charge in [0.2, 0.25) is 11.9 Å². The fraction of sp³-hybridized carbons (Fsp3) is 0.241. The number of hydrogen-bond donors (Lipinski definition) is 2. The van der Waals surface area contributed by atoms with Crippen molar-refractivity contribution in [3.8, 4) is 22.6 Å². The van der Waals surface area contributed by atoms with Gasteiger partial charge in [-0.2, -0.15) is 0 Å². The number of carbonyl (C=O) groups excluding carboxylic acids is 1. The van der Waals surface area contributed by atoms with Crippen molar-refractivity contribution in [1.29, 1.82) is 0 Å². The molecule has 3 aromatic heterocycles. The van der Waals surface area contributed by atoms with E-state index in [9.17, 15) is 9.90 Å². The zero-order valence-corrected chi connectivity index (χ0v) is 21.4. The van der Waals surface area contributed by atoms with E-state index in [1.165, 1.54) is 6.26 Å². The number of hydrogen-bond acceptors (Lipinski definition) is 9. The van der Waals surface area contributed by atoms with Gasteiger partial charge >= 0.3 is 0 Å². The summed E-state index contributed by atoms with van der Waals surface area (Å²) in [5.41, 5.74) is 4.33. The van der Waals surface area contributed by atoms with Gasteiger partial charge in [0.25, 0.3) is 0 Å². The van der Waals surface area contributed by atoms with Crippen molar-refractivity contribution < 1.29 is 18.8 Å². The number of aliphatic hydroxyl groups excluding tert-OH is 1. The first kappa shape index (κ1) is 24.6. The first-order valence-corrected chi connectivity index (χ1v) is 12.9. The summed E-state index contributed by atoms with van der Waals surface area (Å²) in [6.45, 7) is 4.87. The zero-order chi connectivity index (χ0) is 26.8. The number of aliphatic hydroxyl groups is 1. The Labute approximate surface area is 224 Å². The van der Waals surface area contributed by atoms with Crippen LogP contribution in [0.25, 0.3) is 33.5 Å². The molecule has 1 aliphatic rings. The van der Waals surface area contributed by atoms with Gasteiger partial charge in [0.15, 0.2) is 17.7 Å². The van der Waals surface area contributed by atoms with E-state index in [1.807, 2.05) is 41.3 Å². The van der Waals surface area contributed by atoms with Gasteiger partial charge in [0, 0.05) is 56.1 Å². The Kier molecular flexibility index (Phi) is 6.68. The molecule has 198 valence electrons. The Bertz CT molecular complexity index is 1580. The highest BCUT2D eigenvalue weighted by Crippen LogP contribution is 2.33. The van der Waals surface area contributed by atoms with Crippen LogP contribution in [0, 0.1) is 0 Å². The van der Waals surface area contributed by atoms with E-state index < -0.39 is 6.23 Å². The molecular formula is C29H28N6O4. The van der Waals surface area contributed by atoms with Gasteiger partial charge in [-0.3, -0.25) is 4.79 Å². The summed E-state index contributed by atoms with van der Waals surface area (Å²) in [5, 5.41) is 18.3. The van der Waals surface area contributed by atoms with E-state index in [0.717, 1.165) is 60.3 Å². The fourth-order valence-corrected chi connectivity index (χ4v) is 4.85. The molecular weight excluding hydrogens is 496 g/mol. The van der Waals surface area contributed by atoms with E-state index in [-0.39, 0.29) is 11.9 Å². The summed E-state index contributed by atoms with van der Waals surface area (Å²) in [6, 6.07) is 19.3. The molecule has 4 heterocycles. The third-order valence-electron chi connectivity index (χ3n) is 6.94. The Hall–Kier alpha value is -4.70. The second-order valence-electron chi connectivity index (χ2n) is 9.46. The number of aromatic nitrogens is 3. The molecule has 10 nitrogen and oxygen atoms in total. The number of fused-ring (bicyclic) bond motifs is 1. The van der Waals surface area contributed by atoms with E-state index in [2.05, 4.69) is 37.5 Å². The first-order valence-electron chi connectivity index (χ1n) is 12.9. The van der Waals surface area contributed by atoms with Crippen LogP contribution in [-0.2, 0) is 4.79 Å². The highest BCUT2D eigenvalue weighted by molar-refractivity contribution is 5.94. The Morgan fingerprint density at radius 2 is 1.87 bits per heavy atom. The van der Waals surface area contributed by atoms with E-state index in [0.29, 0.717) is 17.2 Å². The third-order valence-corrected chi connectivity index (χ3v) is 6.94. The number of nitrogens with one attached hydrogen (secondary N) is 1. The lowest BCUT2D eigenvalue weighted by atomic mass is 10.0. The van der Waals surface area contributed by atoms with Gasteiger partial charge < -0.3 is 29.2 Å². The Morgan fingerprint density at radius 1 is 1.03 bits per heavy atom. The number of rotatable bonds is 6. The minimum absolute atomic E-state index is 0.129.